The number of guanidine groups is 1. The van der Waals surface area contributed by atoms with Crippen LogP contribution in [0.15, 0.2) is 23.2 Å². The Morgan fingerprint density at radius 1 is 1.32 bits per heavy atom. The van der Waals surface area contributed by atoms with Crippen LogP contribution in [0.2, 0.25) is 0 Å². The number of nitrogens with one attached hydrogen (secondary N) is 2. The molecule has 0 radical (unpaired) electrons. The minimum Gasteiger partial charge on any atom is -0.371 e. The summed E-state index contributed by atoms with van der Waals surface area (Å²) in [5.74, 6) is -0.349. The van der Waals surface area contributed by atoms with Gasteiger partial charge in [0.25, 0.3) is 0 Å². The Bertz CT molecular complexity index is 607. The predicted octanol–water partition coefficient (Wildman–Crippen LogP) is 3.10. The van der Waals surface area contributed by atoms with Crippen molar-refractivity contribution in [1.82, 2.24) is 10.6 Å². The second kappa shape index (κ2) is 8.74. The van der Waals surface area contributed by atoms with E-state index in [2.05, 4.69) is 40.6 Å². The fourth-order valence-electron chi connectivity index (χ4n) is 2.75. The van der Waals surface area contributed by atoms with Crippen molar-refractivity contribution in [1.29, 1.82) is 0 Å². The first kappa shape index (κ1) is 19.8. The zero-order valence-corrected chi connectivity index (χ0v) is 16.2. The van der Waals surface area contributed by atoms with Crippen molar-refractivity contribution in [2.75, 3.05) is 44.4 Å². The van der Waals surface area contributed by atoms with Gasteiger partial charge in [0.1, 0.15) is 0 Å². The van der Waals surface area contributed by atoms with E-state index in [4.69, 9.17) is 0 Å². The van der Waals surface area contributed by atoms with Crippen LogP contribution >= 0.6 is 11.8 Å². The molecule has 7 heteroatoms. The normalized spacial score (nSPS) is 18.6. The lowest BCUT2D eigenvalue weighted by Crippen LogP contribution is -2.44. The third-order valence-electron chi connectivity index (χ3n) is 4.57. The van der Waals surface area contributed by atoms with E-state index in [9.17, 15) is 8.78 Å². The molecule has 0 bridgehead atoms. The van der Waals surface area contributed by atoms with Gasteiger partial charge in [-0.05, 0) is 44.6 Å². The molecule has 140 valence electrons. The number of anilines is 1. The fraction of sp³-hybridized carbons (Fsp3) is 0.611. The van der Waals surface area contributed by atoms with Crippen LogP contribution in [0, 0.1) is 17.6 Å². The van der Waals surface area contributed by atoms with Crippen molar-refractivity contribution >= 4 is 23.4 Å². The molecule has 0 aliphatic carbocycles. The van der Waals surface area contributed by atoms with Crippen molar-refractivity contribution in [2.24, 2.45) is 10.9 Å². The van der Waals surface area contributed by atoms with Gasteiger partial charge in [-0.2, -0.15) is 11.8 Å². The molecule has 0 amide bonds. The van der Waals surface area contributed by atoms with Crippen molar-refractivity contribution in [3.05, 3.63) is 29.8 Å². The molecule has 1 aliphatic rings. The highest BCUT2D eigenvalue weighted by Gasteiger charge is 2.24. The predicted molar refractivity (Wildman–Crippen MR) is 104 cm³/mol. The monoisotopic (exact) mass is 370 g/mol. The first-order chi connectivity index (χ1) is 11.8. The van der Waals surface area contributed by atoms with Crippen LogP contribution in [-0.2, 0) is 0 Å². The first-order valence-corrected chi connectivity index (χ1v) is 9.77. The molecular weight excluding hydrogens is 342 g/mol. The van der Waals surface area contributed by atoms with E-state index in [1.54, 1.807) is 13.1 Å². The van der Waals surface area contributed by atoms with E-state index >= 15 is 0 Å². The first-order valence-electron chi connectivity index (χ1n) is 8.54. The van der Waals surface area contributed by atoms with Gasteiger partial charge in [0.2, 0.25) is 0 Å². The molecule has 2 rings (SSSR count). The largest absolute Gasteiger partial charge is 0.371 e. The van der Waals surface area contributed by atoms with E-state index in [0.717, 1.165) is 44.2 Å². The SMILES string of the molecule is CN=C(NCC1CCN(c2ccc(F)c(F)c2)C1)NCC(C)(C)SC. The van der Waals surface area contributed by atoms with Crippen molar-refractivity contribution < 1.29 is 8.78 Å². The van der Waals surface area contributed by atoms with Crippen LogP contribution in [0.1, 0.15) is 20.3 Å². The number of hydrogen-bond acceptors (Lipinski definition) is 3. The molecule has 0 saturated carbocycles. The lowest BCUT2D eigenvalue weighted by molar-refractivity contribution is 0.508. The maximum atomic E-state index is 13.4. The quantitative estimate of drug-likeness (QED) is 0.596. The van der Waals surface area contributed by atoms with Crippen molar-refractivity contribution in [3.8, 4) is 0 Å². The van der Waals surface area contributed by atoms with Crippen LogP contribution in [0.4, 0.5) is 14.5 Å². The second-order valence-electron chi connectivity index (χ2n) is 6.97. The summed E-state index contributed by atoms with van der Waals surface area (Å²) in [5.41, 5.74) is 0.741. The average molecular weight is 371 g/mol. The fourth-order valence-corrected chi connectivity index (χ4v) is 2.96. The van der Waals surface area contributed by atoms with E-state index in [1.165, 1.54) is 12.1 Å². The Morgan fingerprint density at radius 2 is 2.08 bits per heavy atom. The van der Waals surface area contributed by atoms with E-state index in [-0.39, 0.29) is 4.75 Å². The smallest absolute Gasteiger partial charge is 0.191 e. The Balaban J connectivity index is 1.81. The molecule has 1 aliphatic heterocycles. The summed E-state index contributed by atoms with van der Waals surface area (Å²) >= 11 is 1.81. The zero-order valence-electron chi connectivity index (χ0n) is 15.4. The number of aliphatic imine (C=N–C) groups is 1. The van der Waals surface area contributed by atoms with Gasteiger partial charge >= 0.3 is 0 Å². The second-order valence-corrected chi connectivity index (χ2v) is 8.48. The van der Waals surface area contributed by atoms with E-state index in [1.807, 2.05) is 11.8 Å². The van der Waals surface area contributed by atoms with Crippen molar-refractivity contribution in [3.63, 3.8) is 0 Å². The Kier molecular flexibility index (Phi) is 6.93. The lowest BCUT2D eigenvalue weighted by Gasteiger charge is -2.24. The van der Waals surface area contributed by atoms with E-state index < -0.39 is 11.6 Å². The minimum absolute atomic E-state index is 0.147. The average Bonchev–Trinajstić information content (AvgIpc) is 3.06. The molecule has 1 atom stereocenters. The number of nitrogens with zero attached hydrogens (tertiary/aromatic N) is 2. The summed E-state index contributed by atoms with van der Waals surface area (Å²) in [5, 5.41) is 6.72. The lowest BCUT2D eigenvalue weighted by atomic mass is 10.1. The summed E-state index contributed by atoms with van der Waals surface area (Å²) in [7, 11) is 1.77. The van der Waals surface area contributed by atoms with Crippen LogP contribution < -0.4 is 15.5 Å². The van der Waals surface area contributed by atoms with Gasteiger partial charge < -0.3 is 15.5 Å². The Morgan fingerprint density at radius 3 is 2.72 bits per heavy atom. The van der Waals surface area contributed by atoms with Gasteiger partial charge in [-0.1, -0.05) is 0 Å². The number of thioether (sulfide) groups is 1. The highest BCUT2D eigenvalue weighted by molar-refractivity contribution is 7.99. The number of halogens is 2. The molecule has 2 N–H and O–H groups in total. The molecule has 1 heterocycles. The summed E-state index contributed by atoms with van der Waals surface area (Å²) in [4.78, 5) is 6.36. The molecular formula is C18H28F2N4S. The van der Waals surface area contributed by atoms with Gasteiger partial charge in [-0.3, -0.25) is 4.99 Å². The maximum absolute atomic E-state index is 13.4. The van der Waals surface area contributed by atoms with Gasteiger partial charge in [-0.15, -0.1) is 0 Å². The van der Waals surface area contributed by atoms with Gasteiger partial charge in [0.15, 0.2) is 17.6 Å². The summed E-state index contributed by atoms with van der Waals surface area (Å²) in [6.07, 6.45) is 3.11. The number of hydrogen-bond donors (Lipinski definition) is 2. The molecule has 1 aromatic rings. The molecule has 25 heavy (non-hydrogen) atoms. The summed E-state index contributed by atoms with van der Waals surface area (Å²) in [6, 6.07) is 4.10. The molecule has 0 aromatic heterocycles. The molecule has 1 aromatic carbocycles. The molecule has 4 nitrogen and oxygen atoms in total. The van der Waals surface area contributed by atoms with Crippen LogP contribution in [0.5, 0.6) is 0 Å². The van der Waals surface area contributed by atoms with Crippen molar-refractivity contribution in [2.45, 2.75) is 25.0 Å². The highest BCUT2D eigenvalue weighted by atomic mass is 32.2. The van der Waals surface area contributed by atoms with Crippen LogP contribution in [0.3, 0.4) is 0 Å². The molecule has 1 fully saturated rings. The number of rotatable bonds is 6. The topological polar surface area (TPSA) is 39.7 Å². The molecule has 1 saturated heterocycles. The van der Waals surface area contributed by atoms with Crippen LogP contribution in [-0.4, -0.2) is 50.2 Å². The minimum atomic E-state index is -0.802. The van der Waals surface area contributed by atoms with Gasteiger partial charge in [0, 0.05) is 49.7 Å². The Labute approximate surface area is 153 Å². The number of benzene rings is 1. The van der Waals surface area contributed by atoms with E-state index in [0.29, 0.717) is 5.92 Å². The summed E-state index contributed by atoms with van der Waals surface area (Å²) < 4.78 is 26.6. The summed E-state index contributed by atoms with van der Waals surface area (Å²) in [6.45, 7) is 7.69. The van der Waals surface area contributed by atoms with Gasteiger partial charge in [0.05, 0.1) is 0 Å². The highest BCUT2D eigenvalue weighted by Crippen LogP contribution is 2.25. The standard InChI is InChI=1S/C18H28F2N4S/c1-18(2,25-4)12-23-17(21-3)22-10-13-7-8-24(11-13)14-5-6-15(19)16(20)9-14/h5-6,9,13H,7-8,10-12H2,1-4H3,(H2,21,22,23). The zero-order chi connectivity index (χ0) is 18.4. The third-order valence-corrected chi connectivity index (χ3v) is 5.82. The van der Waals surface area contributed by atoms with Crippen LogP contribution in [0.25, 0.3) is 0 Å². The molecule has 0 spiro atoms. The Hall–Kier alpha value is -1.50. The maximum Gasteiger partial charge on any atom is 0.191 e. The molecule has 1 unspecified atom stereocenters. The van der Waals surface area contributed by atoms with Gasteiger partial charge in [-0.25, -0.2) is 8.78 Å². The third kappa shape index (κ3) is 5.76.